The van der Waals surface area contributed by atoms with Crippen molar-refractivity contribution in [2.24, 2.45) is 5.41 Å². The monoisotopic (exact) mass is 286 g/mol. The molecular weight excluding hydrogens is 260 g/mol. The number of nitrogens with zero attached hydrogens (tertiary/aromatic N) is 1. The third kappa shape index (κ3) is 4.32. The first-order valence-electron chi connectivity index (χ1n) is 7.89. The van der Waals surface area contributed by atoms with Crippen molar-refractivity contribution < 1.29 is 4.79 Å². The van der Waals surface area contributed by atoms with Crippen LogP contribution in [0.2, 0.25) is 0 Å². The van der Waals surface area contributed by atoms with E-state index in [1.807, 2.05) is 32.0 Å². The summed E-state index contributed by atoms with van der Waals surface area (Å²) >= 11 is 0. The summed E-state index contributed by atoms with van der Waals surface area (Å²) in [6, 6.07) is 10.4. The third-order valence-corrected chi connectivity index (χ3v) is 3.94. The lowest BCUT2D eigenvalue weighted by atomic mass is 9.79. The smallest absolute Gasteiger partial charge is 0.240 e. The van der Waals surface area contributed by atoms with Crippen LogP contribution in [0.15, 0.2) is 24.3 Å². The summed E-state index contributed by atoms with van der Waals surface area (Å²) in [4.78, 5) is 12.5. The van der Waals surface area contributed by atoms with Gasteiger partial charge >= 0.3 is 0 Å². The first-order chi connectivity index (χ1) is 10.1. The van der Waals surface area contributed by atoms with Gasteiger partial charge in [0.2, 0.25) is 5.91 Å². The van der Waals surface area contributed by atoms with Crippen molar-refractivity contribution in [3.05, 3.63) is 35.4 Å². The maximum Gasteiger partial charge on any atom is 0.240 e. The Morgan fingerprint density at radius 1 is 1.14 bits per heavy atom. The number of benzene rings is 1. The second kappa shape index (κ2) is 8.46. The Bertz CT molecular complexity index is 496. The predicted octanol–water partition coefficient (Wildman–Crippen LogP) is 3.98. The molecule has 0 spiro atoms. The number of carbonyl (C=O) groups is 1. The normalized spacial score (nSPS) is 11.0. The molecule has 0 saturated carbocycles. The topological polar surface area (TPSA) is 52.9 Å². The van der Waals surface area contributed by atoms with Gasteiger partial charge in [0.05, 0.1) is 6.07 Å². The average Bonchev–Trinajstić information content (AvgIpc) is 2.52. The Labute approximate surface area is 128 Å². The molecule has 0 fully saturated rings. The maximum atomic E-state index is 12.5. The van der Waals surface area contributed by atoms with E-state index in [-0.39, 0.29) is 5.91 Å². The number of amides is 1. The Balaban J connectivity index is 2.81. The van der Waals surface area contributed by atoms with Crippen molar-refractivity contribution in [2.45, 2.75) is 59.4 Å². The molecule has 1 amide bonds. The lowest BCUT2D eigenvalue weighted by Gasteiger charge is -2.24. The van der Waals surface area contributed by atoms with E-state index in [0.29, 0.717) is 19.4 Å². The SMILES string of the molecule is CCCC(C#N)(CCC)C(=O)NCc1ccccc1CC. The van der Waals surface area contributed by atoms with Crippen molar-refractivity contribution in [1.29, 1.82) is 5.26 Å². The van der Waals surface area contributed by atoms with Crippen LogP contribution in [-0.4, -0.2) is 5.91 Å². The van der Waals surface area contributed by atoms with E-state index in [4.69, 9.17) is 0 Å². The molecule has 0 atom stereocenters. The molecule has 21 heavy (non-hydrogen) atoms. The summed E-state index contributed by atoms with van der Waals surface area (Å²) in [5.74, 6) is -0.125. The lowest BCUT2D eigenvalue weighted by molar-refractivity contribution is -0.129. The molecule has 0 radical (unpaired) electrons. The van der Waals surface area contributed by atoms with Gasteiger partial charge in [0, 0.05) is 6.54 Å². The molecule has 0 aliphatic heterocycles. The van der Waals surface area contributed by atoms with E-state index in [9.17, 15) is 10.1 Å². The minimum absolute atomic E-state index is 0.125. The summed E-state index contributed by atoms with van der Waals surface area (Å²) in [6.45, 7) is 6.64. The van der Waals surface area contributed by atoms with Gasteiger partial charge in [-0.2, -0.15) is 5.26 Å². The summed E-state index contributed by atoms with van der Waals surface area (Å²) in [5.41, 5.74) is 1.50. The number of hydrogen-bond acceptors (Lipinski definition) is 2. The summed E-state index contributed by atoms with van der Waals surface area (Å²) in [5, 5.41) is 12.5. The Morgan fingerprint density at radius 3 is 2.19 bits per heavy atom. The van der Waals surface area contributed by atoms with Crippen LogP contribution in [-0.2, 0) is 17.8 Å². The van der Waals surface area contributed by atoms with E-state index in [1.165, 1.54) is 5.56 Å². The van der Waals surface area contributed by atoms with Gasteiger partial charge in [0.1, 0.15) is 5.41 Å². The molecule has 3 nitrogen and oxygen atoms in total. The minimum Gasteiger partial charge on any atom is -0.351 e. The Kier molecular flexibility index (Phi) is 6.94. The van der Waals surface area contributed by atoms with Gasteiger partial charge in [-0.05, 0) is 30.4 Å². The van der Waals surface area contributed by atoms with E-state index in [2.05, 4.69) is 24.4 Å². The number of carbonyl (C=O) groups excluding carboxylic acids is 1. The molecule has 3 heteroatoms. The van der Waals surface area contributed by atoms with Gasteiger partial charge in [0.25, 0.3) is 0 Å². The highest BCUT2D eigenvalue weighted by Crippen LogP contribution is 2.29. The van der Waals surface area contributed by atoms with Crippen molar-refractivity contribution in [1.82, 2.24) is 5.32 Å². The molecule has 0 heterocycles. The summed E-state index contributed by atoms with van der Waals surface area (Å²) in [7, 11) is 0. The average molecular weight is 286 g/mol. The molecule has 0 aliphatic rings. The summed E-state index contributed by atoms with van der Waals surface area (Å²) < 4.78 is 0. The van der Waals surface area contributed by atoms with Crippen molar-refractivity contribution in [2.75, 3.05) is 0 Å². The Hall–Kier alpha value is -1.82. The maximum absolute atomic E-state index is 12.5. The van der Waals surface area contributed by atoms with Gasteiger partial charge in [-0.25, -0.2) is 0 Å². The molecule has 0 unspecified atom stereocenters. The quantitative estimate of drug-likeness (QED) is 0.786. The second-order valence-corrected chi connectivity index (χ2v) is 5.50. The third-order valence-electron chi connectivity index (χ3n) is 3.94. The number of rotatable bonds is 8. The molecule has 0 aromatic heterocycles. The van der Waals surface area contributed by atoms with Crippen LogP contribution in [0.25, 0.3) is 0 Å². The molecule has 1 N–H and O–H groups in total. The molecule has 0 bridgehead atoms. The predicted molar refractivity (Wildman–Crippen MR) is 85.5 cm³/mol. The molecule has 1 aromatic carbocycles. The van der Waals surface area contributed by atoms with Crippen molar-refractivity contribution in [3.8, 4) is 6.07 Å². The van der Waals surface area contributed by atoms with E-state index < -0.39 is 5.41 Å². The highest BCUT2D eigenvalue weighted by Gasteiger charge is 2.36. The Morgan fingerprint density at radius 2 is 1.71 bits per heavy atom. The standard InChI is InChI=1S/C18H26N2O/c1-4-11-18(14-19,12-5-2)17(21)20-13-16-10-8-7-9-15(16)6-3/h7-10H,4-6,11-13H2,1-3H3,(H,20,21). The zero-order chi connectivity index (χ0) is 15.7. The van der Waals surface area contributed by atoms with Gasteiger partial charge in [-0.15, -0.1) is 0 Å². The van der Waals surface area contributed by atoms with Crippen LogP contribution in [0.1, 0.15) is 57.6 Å². The van der Waals surface area contributed by atoms with E-state index >= 15 is 0 Å². The number of aryl methyl sites for hydroxylation is 1. The fourth-order valence-electron chi connectivity index (χ4n) is 2.79. The zero-order valence-electron chi connectivity index (χ0n) is 13.4. The molecule has 0 saturated heterocycles. The minimum atomic E-state index is -0.870. The highest BCUT2D eigenvalue weighted by atomic mass is 16.2. The first-order valence-corrected chi connectivity index (χ1v) is 7.89. The molecule has 114 valence electrons. The fourth-order valence-corrected chi connectivity index (χ4v) is 2.79. The number of nitriles is 1. The van der Waals surface area contributed by atoms with Gasteiger partial charge < -0.3 is 5.32 Å². The van der Waals surface area contributed by atoms with Crippen LogP contribution in [0, 0.1) is 16.7 Å². The van der Waals surface area contributed by atoms with Crippen molar-refractivity contribution in [3.63, 3.8) is 0 Å². The van der Waals surface area contributed by atoms with Crippen LogP contribution < -0.4 is 5.32 Å². The van der Waals surface area contributed by atoms with Gasteiger partial charge in [-0.1, -0.05) is 57.9 Å². The van der Waals surface area contributed by atoms with Crippen LogP contribution in [0.4, 0.5) is 0 Å². The van der Waals surface area contributed by atoms with Crippen molar-refractivity contribution >= 4 is 5.91 Å². The fraction of sp³-hybridized carbons (Fsp3) is 0.556. The van der Waals surface area contributed by atoms with Crippen LogP contribution >= 0.6 is 0 Å². The molecule has 1 aromatic rings. The molecule has 1 rings (SSSR count). The largest absolute Gasteiger partial charge is 0.351 e. The zero-order valence-corrected chi connectivity index (χ0v) is 13.4. The molecule has 0 aliphatic carbocycles. The number of hydrogen-bond donors (Lipinski definition) is 1. The van der Waals surface area contributed by atoms with E-state index in [0.717, 1.165) is 24.8 Å². The van der Waals surface area contributed by atoms with Crippen LogP contribution in [0.5, 0.6) is 0 Å². The molecular formula is C18H26N2O. The number of nitrogens with one attached hydrogen (secondary N) is 1. The summed E-state index contributed by atoms with van der Waals surface area (Å²) in [6.07, 6.45) is 3.87. The first kappa shape index (κ1) is 17.2. The van der Waals surface area contributed by atoms with Gasteiger partial charge in [-0.3, -0.25) is 4.79 Å². The van der Waals surface area contributed by atoms with Gasteiger partial charge in [0.15, 0.2) is 0 Å². The van der Waals surface area contributed by atoms with Crippen LogP contribution in [0.3, 0.4) is 0 Å². The highest BCUT2D eigenvalue weighted by molar-refractivity contribution is 5.85. The second-order valence-electron chi connectivity index (χ2n) is 5.50. The lowest BCUT2D eigenvalue weighted by Crippen LogP contribution is -2.39. The van der Waals surface area contributed by atoms with E-state index in [1.54, 1.807) is 0 Å².